The Labute approximate surface area is 223 Å². The van der Waals surface area contributed by atoms with E-state index in [0.29, 0.717) is 18.7 Å². The normalized spacial score (nSPS) is 23.6. The van der Waals surface area contributed by atoms with Gasteiger partial charge in [-0.1, -0.05) is 20.8 Å². The second-order valence-electron chi connectivity index (χ2n) is 12.1. The first-order chi connectivity index (χ1) is 17.0. The number of morpholine rings is 1. The molecule has 2 aromatic rings. The zero-order valence-corrected chi connectivity index (χ0v) is 24.8. The maximum Gasteiger partial charge on any atom is 0.280 e. The van der Waals surface area contributed by atoms with E-state index in [4.69, 9.17) is 31.6 Å². The van der Waals surface area contributed by atoms with E-state index in [2.05, 4.69) is 50.2 Å². The van der Waals surface area contributed by atoms with E-state index in [1.807, 2.05) is 34.9 Å². The Morgan fingerprint density at radius 1 is 1.22 bits per heavy atom. The second kappa shape index (κ2) is 9.92. The number of aromatic nitrogens is 4. The molecular weight excluding hydrogens is 513 g/mol. The van der Waals surface area contributed by atoms with Crippen LogP contribution in [0.1, 0.15) is 54.2 Å². The summed E-state index contributed by atoms with van der Waals surface area (Å²) in [6.07, 6.45) is 1.71. The van der Waals surface area contributed by atoms with Gasteiger partial charge in [0.1, 0.15) is 6.23 Å². The van der Waals surface area contributed by atoms with Crippen LogP contribution in [0.5, 0.6) is 0 Å². The van der Waals surface area contributed by atoms with Crippen LogP contribution in [0.25, 0.3) is 11.2 Å². The molecular formula is C23H40N9O3PS. The average Bonchev–Trinajstić information content (AvgIpc) is 3.29. The molecule has 2 aromatic heterocycles. The van der Waals surface area contributed by atoms with E-state index < -0.39 is 18.4 Å². The first kappa shape index (κ1) is 28.0. The predicted octanol–water partition coefficient (Wildman–Crippen LogP) is 2.61. The van der Waals surface area contributed by atoms with Crippen molar-refractivity contribution in [3.8, 4) is 0 Å². The first-order valence-electron chi connectivity index (χ1n) is 12.5. The number of nitrogens with zero attached hydrogens (tertiary/aromatic N) is 7. The molecule has 0 aromatic carbocycles. The number of nitrogens with two attached hydrogens (primary N) is 1. The Morgan fingerprint density at radius 2 is 1.86 bits per heavy atom. The van der Waals surface area contributed by atoms with Crippen molar-refractivity contribution in [2.75, 3.05) is 46.0 Å². The lowest BCUT2D eigenvalue weighted by Gasteiger charge is -2.44. The summed E-state index contributed by atoms with van der Waals surface area (Å²) in [7, 11) is 4.05. The molecule has 0 saturated carbocycles. The van der Waals surface area contributed by atoms with Gasteiger partial charge in [-0.2, -0.15) is 9.75 Å². The molecule has 3 N–H and O–H groups in total. The summed E-state index contributed by atoms with van der Waals surface area (Å²) in [5, 5.41) is 0. The third-order valence-electron chi connectivity index (χ3n) is 6.15. The summed E-state index contributed by atoms with van der Waals surface area (Å²) >= 11 is 6.33. The van der Waals surface area contributed by atoms with Gasteiger partial charge in [-0.25, -0.2) is 9.65 Å². The van der Waals surface area contributed by atoms with Crippen molar-refractivity contribution < 1.29 is 9.26 Å². The summed E-state index contributed by atoms with van der Waals surface area (Å²) in [4.78, 5) is 27.8. The molecule has 2 aliphatic heterocycles. The van der Waals surface area contributed by atoms with E-state index in [9.17, 15) is 4.79 Å². The van der Waals surface area contributed by atoms with Crippen molar-refractivity contribution in [2.24, 2.45) is 10.2 Å². The van der Waals surface area contributed by atoms with Gasteiger partial charge in [0.15, 0.2) is 11.2 Å². The molecule has 2 fully saturated rings. The number of aromatic amines is 1. The highest BCUT2D eigenvalue weighted by Crippen LogP contribution is 2.58. The molecule has 0 spiro atoms. The van der Waals surface area contributed by atoms with Crippen LogP contribution in [0.4, 0.5) is 5.95 Å². The number of hydrogen-bond acceptors (Lipinski definition) is 7. The lowest BCUT2D eigenvalue weighted by Crippen LogP contribution is -2.46. The Kier molecular flexibility index (Phi) is 7.50. The van der Waals surface area contributed by atoms with Gasteiger partial charge in [0.25, 0.3) is 12.1 Å². The fourth-order valence-electron chi connectivity index (χ4n) is 4.66. The Balaban J connectivity index is 1.79. The summed E-state index contributed by atoms with van der Waals surface area (Å²) in [6.45, 7) is 12.4. The minimum Gasteiger partial charge on any atom is -0.369 e. The summed E-state index contributed by atoms with van der Waals surface area (Å²) < 4.78 is 22.3. The molecule has 4 heterocycles. The SMILES string of the molecule is CN1CCN(C)C1=NP(=S)(OC(C)(C)C)N1C[C@@H](CC(C)(C)C)O[C@@H](n2cnc3c(=O)[nH]c(N)nc32)C1. The fourth-order valence-corrected chi connectivity index (χ4v) is 8.21. The Bertz CT molecular complexity index is 1270. The van der Waals surface area contributed by atoms with Crippen LogP contribution in [0.15, 0.2) is 15.9 Å². The lowest BCUT2D eigenvalue weighted by molar-refractivity contribution is -0.113. The molecule has 206 valence electrons. The largest absolute Gasteiger partial charge is 0.369 e. The number of hydrogen-bond donors (Lipinski definition) is 2. The quantitative estimate of drug-likeness (QED) is 0.533. The number of imidazole rings is 1. The van der Waals surface area contributed by atoms with Crippen LogP contribution in [-0.2, 0) is 21.1 Å². The van der Waals surface area contributed by atoms with E-state index in [0.717, 1.165) is 25.5 Å². The number of nitrogens with one attached hydrogen (secondary N) is 1. The van der Waals surface area contributed by atoms with Crippen LogP contribution in [0.2, 0.25) is 0 Å². The molecule has 0 amide bonds. The molecule has 12 nitrogen and oxygen atoms in total. The number of guanidine groups is 1. The number of likely N-dealkylation sites (N-methyl/N-ethyl adjacent to an activating group) is 2. The third-order valence-corrected chi connectivity index (χ3v) is 9.57. The van der Waals surface area contributed by atoms with Crippen molar-refractivity contribution in [1.82, 2.24) is 34.0 Å². The molecule has 37 heavy (non-hydrogen) atoms. The maximum absolute atomic E-state index is 12.4. The highest BCUT2D eigenvalue weighted by Gasteiger charge is 2.42. The predicted molar refractivity (Wildman–Crippen MR) is 150 cm³/mol. The highest BCUT2D eigenvalue weighted by molar-refractivity contribution is 8.10. The molecule has 4 rings (SSSR count). The first-order valence-corrected chi connectivity index (χ1v) is 15.1. The van der Waals surface area contributed by atoms with Crippen molar-refractivity contribution in [2.45, 2.75) is 65.9 Å². The number of ether oxygens (including phenoxy) is 1. The second-order valence-corrected chi connectivity index (χ2v) is 15.4. The van der Waals surface area contributed by atoms with Crippen molar-refractivity contribution in [1.29, 1.82) is 0 Å². The minimum absolute atomic E-state index is 0.0142. The van der Waals surface area contributed by atoms with E-state index in [-0.39, 0.29) is 28.5 Å². The van der Waals surface area contributed by atoms with Crippen LogP contribution in [-0.4, -0.2) is 91.9 Å². The molecule has 2 saturated heterocycles. The van der Waals surface area contributed by atoms with Gasteiger partial charge < -0.3 is 24.8 Å². The van der Waals surface area contributed by atoms with E-state index in [1.165, 1.54) is 0 Å². The Hall–Kier alpha value is -2.05. The van der Waals surface area contributed by atoms with Crippen molar-refractivity contribution in [3.63, 3.8) is 0 Å². The van der Waals surface area contributed by atoms with Gasteiger partial charge in [-0.3, -0.25) is 14.3 Å². The zero-order valence-electron chi connectivity index (χ0n) is 23.1. The summed E-state index contributed by atoms with van der Waals surface area (Å²) in [5.74, 6) is 0.857. The zero-order chi connectivity index (χ0) is 27.3. The van der Waals surface area contributed by atoms with Crippen LogP contribution in [0, 0.1) is 5.41 Å². The van der Waals surface area contributed by atoms with Crippen molar-refractivity contribution in [3.05, 3.63) is 16.7 Å². The van der Waals surface area contributed by atoms with Gasteiger partial charge in [0, 0.05) is 33.7 Å². The standard InChI is InChI=1S/C23H40N9O3PS/c1-22(2,3)11-15-12-31(36(37,35-23(4,5)6)28-21-29(7)9-10-30(21)8)13-16(34-15)32-14-25-17-18(32)26-20(24)27-19(17)33/h14-16H,9-13H2,1-8H3,(H3,24,26,27,33)/t15-,16-,36?/m1/s1. The molecule has 0 bridgehead atoms. The molecule has 3 atom stereocenters. The molecule has 0 radical (unpaired) electrons. The lowest BCUT2D eigenvalue weighted by atomic mass is 9.89. The van der Waals surface area contributed by atoms with Gasteiger partial charge in [-0.05, 0) is 44.4 Å². The number of rotatable bonds is 5. The van der Waals surface area contributed by atoms with Crippen molar-refractivity contribution >= 4 is 41.4 Å². The summed E-state index contributed by atoms with van der Waals surface area (Å²) in [6, 6.07) is 0. The molecule has 0 aliphatic carbocycles. The molecule has 14 heteroatoms. The minimum atomic E-state index is -2.92. The number of fused-ring (bicyclic) bond motifs is 1. The van der Waals surface area contributed by atoms with Gasteiger partial charge in [0.2, 0.25) is 11.9 Å². The number of anilines is 1. The van der Waals surface area contributed by atoms with Gasteiger partial charge in [-0.15, -0.1) is 0 Å². The molecule has 1 unspecified atom stereocenters. The van der Waals surface area contributed by atoms with Crippen LogP contribution < -0.4 is 11.3 Å². The average molecular weight is 554 g/mol. The topological polar surface area (TPSA) is 130 Å². The van der Waals surface area contributed by atoms with Gasteiger partial charge >= 0.3 is 0 Å². The molecule has 2 aliphatic rings. The maximum atomic E-state index is 12.4. The monoisotopic (exact) mass is 553 g/mol. The number of nitrogen functional groups attached to an aromatic ring is 1. The van der Waals surface area contributed by atoms with Gasteiger partial charge in [0.05, 0.1) is 24.6 Å². The third kappa shape index (κ3) is 6.34. The van der Waals surface area contributed by atoms with E-state index >= 15 is 0 Å². The van der Waals surface area contributed by atoms with E-state index in [1.54, 1.807) is 10.9 Å². The summed E-state index contributed by atoms with van der Waals surface area (Å²) in [5.41, 5.74) is 5.56. The van der Waals surface area contributed by atoms with Crippen LogP contribution in [0.3, 0.4) is 0 Å². The smallest absolute Gasteiger partial charge is 0.280 e. The van der Waals surface area contributed by atoms with Crippen LogP contribution >= 0.6 is 6.57 Å². The number of H-pyrrole nitrogens is 1. The Morgan fingerprint density at radius 3 is 2.46 bits per heavy atom. The fraction of sp³-hybridized carbons (Fsp3) is 0.739. The highest BCUT2D eigenvalue weighted by atomic mass is 32.4.